The van der Waals surface area contributed by atoms with Crippen LogP contribution in [0.3, 0.4) is 0 Å². The van der Waals surface area contributed by atoms with E-state index in [0.717, 1.165) is 0 Å². The van der Waals surface area contributed by atoms with Gasteiger partial charge in [0.15, 0.2) is 0 Å². The van der Waals surface area contributed by atoms with Crippen LogP contribution in [0.1, 0.15) is 23.2 Å². The van der Waals surface area contributed by atoms with Crippen LogP contribution in [0.5, 0.6) is 11.5 Å². The number of hydrogen-bond acceptors (Lipinski definition) is 7. The Balaban J connectivity index is 1.58. The number of ether oxygens (including phenoxy) is 2. The third-order valence-corrected chi connectivity index (χ3v) is 7.68. The van der Waals surface area contributed by atoms with Gasteiger partial charge in [-0.2, -0.15) is 0 Å². The van der Waals surface area contributed by atoms with Crippen molar-refractivity contribution in [2.45, 2.75) is 35.0 Å². The van der Waals surface area contributed by atoms with Gasteiger partial charge in [0.2, 0.25) is 5.91 Å². The molecule has 1 spiro atoms. The standard InChI is InChI=1S/C19H23N3O6S/c1-27-10-4-3-5-11(28-2)12(10)15(23)21-13-16(24)22-14(18(25)26)19(29-17(13)22)6-8-20-9-7-19/h3-5,13-14,17,20H,6-9H2,1-2H3,(H,21,23)(H,25,26)/t13?,14?,17-/m1/s1. The quantitative estimate of drug-likeness (QED) is 0.581. The minimum Gasteiger partial charge on any atom is -0.496 e. The summed E-state index contributed by atoms with van der Waals surface area (Å²) >= 11 is 1.50. The first-order chi connectivity index (χ1) is 13.9. The Hall–Kier alpha value is -2.46. The molecule has 0 aromatic heterocycles. The monoisotopic (exact) mass is 421 g/mol. The van der Waals surface area contributed by atoms with Crippen molar-refractivity contribution in [2.24, 2.45) is 0 Å². The lowest BCUT2D eigenvalue weighted by atomic mass is 9.86. The molecular formula is C19H23N3O6S. The highest BCUT2D eigenvalue weighted by molar-refractivity contribution is 8.01. The number of carboxylic acids is 1. The lowest BCUT2D eigenvalue weighted by Crippen LogP contribution is -2.71. The van der Waals surface area contributed by atoms with Crippen LogP contribution in [-0.4, -0.2) is 77.3 Å². The summed E-state index contributed by atoms with van der Waals surface area (Å²) in [5.74, 6) is -1.18. The highest BCUT2D eigenvalue weighted by atomic mass is 32.2. The van der Waals surface area contributed by atoms with Crippen LogP contribution in [0, 0.1) is 0 Å². The van der Waals surface area contributed by atoms with Crippen molar-refractivity contribution in [1.29, 1.82) is 0 Å². The first kappa shape index (κ1) is 19.8. The Morgan fingerprint density at radius 3 is 2.41 bits per heavy atom. The summed E-state index contributed by atoms with van der Waals surface area (Å²) in [7, 11) is 2.90. The molecule has 0 aliphatic carbocycles. The highest BCUT2D eigenvalue weighted by Gasteiger charge is 2.67. The molecule has 3 saturated heterocycles. The number of carbonyl (C=O) groups excluding carboxylic acids is 2. The summed E-state index contributed by atoms with van der Waals surface area (Å²) in [4.78, 5) is 39.2. The number of amides is 2. The van der Waals surface area contributed by atoms with Crippen molar-refractivity contribution in [2.75, 3.05) is 27.3 Å². The van der Waals surface area contributed by atoms with Gasteiger partial charge in [-0.15, -0.1) is 11.8 Å². The third kappa shape index (κ3) is 3.01. The number of carboxylic acid groups (broad SMARTS) is 1. The van der Waals surface area contributed by atoms with E-state index in [1.807, 2.05) is 0 Å². The number of hydrogen-bond donors (Lipinski definition) is 3. The van der Waals surface area contributed by atoms with Crippen LogP contribution in [0.25, 0.3) is 0 Å². The lowest BCUT2D eigenvalue weighted by Gasteiger charge is -2.44. The largest absolute Gasteiger partial charge is 0.496 e. The normalized spacial score (nSPS) is 27.2. The number of thioether (sulfide) groups is 1. The number of nitrogens with one attached hydrogen (secondary N) is 2. The van der Waals surface area contributed by atoms with Gasteiger partial charge in [-0.3, -0.25) is 9.59 Å². The molecule has 0 radical (unpaired) electrons. The molecule has 3 atom stereocenters. The molecule has 3 aliphatic heterocycles. The summed E-state index contributed by atoms with van der Waals surface area (Å²) in [6, 6.07) is 3.33. The maximum atomic E-state index is 12.9. The van der Waals surface area contributed by atoms with Gasteiger partial charge in [0.25, 0.3) is 5.91 Å². The summed E-state index contributed by atoms with van der Waals surface area (Å²) in [5.41, 5.74) is 0.207. The van der Waals surface area contributed by atoms with E-state index in [4.69, 9.17) is 9.47 Å². The van der Waals surface area contributed by atoms with Crippen molar-refractivity contribution in [3.8, 4) is 11.5 Å². The molecule has 2 amide bonds. The van der Waals surface area contributed by atoms with Gasteiger partial charge in [0.05, 0.1) is 19.0 Å². The van der Waals surface area contributed by atoms with Gasteiger partial charge in [-0.1, -0.05) is 6.07 Å². The average Bonchev–Trinajstić information content (AvgIpc) is 3.02. The second kappa shape index (κ2) is 7.42. The molecule has 9 nitrogen and oxygen atoms in total. The molecule has 0 bridgehead atoms. The molecule has 0 saturated carbocycles. The van der Waals surface area contributed by atoms with Crippen molar-refractivity contribution >= 4 is 29.5 Å². The number of aliphatic carboxylic acids is 1. The number of β-lactam (4-membered cyclic amide) rings is 1. The smallest absolute Gasteiger partial charge is 0.327 e. The third-order valence-electron chi connectivity index (χ3n) is 5.84. The molecule has 156 valence electrons. The first-order valence-corrected chi connectivity index (χ1v) is 10.3. The Kier molecular flexibility index (Phi) is 5.07. The molecular weight excluding hydrogens is 398 g/mol. The zero-order valence-corrected chi connectivity index (χ0v) is 17.0. The van der Waals surface area contributed by atoms with Crippen LogP contribution in [-0.2, 0) is 9.59 Å². The Morgan fingerprint density at radius 1 is 1.24 bits per heavy atom. The van der Waals surface area contributed by atoms with E-state index in [1.165, 1.54) is 30.9 Å². The minimum atomic E-state index is -0.994. The SMILES string of the molecule is COc1cccc(OC)c1C(=O)NC1C(=O)N2C(C(=O)O)C3(CCNCC3)S[C@H]12. The van der Waals surface area contributed by atoms with E-state index < -0.39 is 34.1 Å². The van der Waals surface area contributed by atoms with Crippen LogP contribution in [0.2, 0.25) is 0 Å². The number of benzene rings is 1. The van der Waals surface area contributed by atoms with Gasteiger partial charge in [0, 0.05) is 0 Å². The molecule has 1 aromatic rings. The molecule has 3 aliphatic rings. The topological polar surface area (TPSA) is 117 Å². The van der Waals surface area contributed by atoms with Gasteiger partial charge in [-0.25, -0.2) is 4.79 Å². The van der Waals surface area contributed by atoms with Gasteiger partial charge >= 0.3 is 5.97 Å². The molecule has 3 heterocycles. The molecule has 4 rings (SSSR count). The number of nitrogens with zero attached hydrogens (tertiary/aromatic N) is 1. The van der Waals surface area contributed by atoms with E-state index in [1.54, 1.807) is 18.2 Å². The minimum absolute atomic E-state index is 0.207. The van der Waals surface area contributed by atoms with Gasteiger partial charge in [-0.05, 0) is 38.1 Å². The number of fused-ring (bicyclic) bond motifs is 1. The molecule has 10 heteroatoms. The van der Waals surface area contributed by atoms with E-state index in [9.17, 15) is 19.5 Å². The molecule has 29 heavy (non-hydrogen) atoms. The van der Waals surface area contributed by atoms with Crippen molar-refractivity contribution < 1.29 is 29.0 Å². The molecule has 3 N–H and O–H groups in total. The van der Waals surface area contributed by atoms with Crippen molar-refractivity contribution in [3.63, 3.8) is 0 Å². The van der Waals surface area contributed by atoms with Gasteiger partial charge in [0.1, 0.15) is 34.5 Å². The Morgan fingerprint density at radius 2 is 1.86 bits per heavy atom. The second-order valence-electron chi connectivity index (χ2n) is 7.30. The van der Waals surface area contributed by atoms with Crippen LogP contribution >= 0.6 is 11.8 Å². The molecule has 1 aromatic carbocycles. The average molecular weight is 421 g/mol. The first-order valence-electron chi connectivity index (χ1n) is 9.39. The lowest BCUT2D eigenvalue weighted by molar-refractivity contribution is -0.160. The van der Waals surface area contributed by atoms with Crippen LogP contribution in [0.4, 0.5) is 0 Å². The predicted molar refractivity (Wildman–Crippen MR) is 105 cm³/mol. The maximum absolute atomic E-state index is 12.9. The highest BCUT2D eigenvalue weighted by Crippen LogP contribution is 2.55. The van der Waals surface area contributed by atoms with Crippen molar-refractivity contribution in [3.05, 3.63) is 23.8 Å². The van der Waals surface area contributed by atoms with Crippen LogP contribution < -0.4 is 20.1 Å². The van der Waals surface area contributed by atoms with E-state index in [-0.39, 0.29) is 11.5 Å². The Bertz CT molecular complexity index is 834. The number of rotatable bonds is 5. The van der Waals surface area contributed by atoms with E-state index in [0.29, 0.717) is 37.4 Å². The van der Waals surface area contributed by atoms with Gasteiger partial charge < -0.3 is 30.1 Å². The fourth-order valence-electron chi connectivity index (χ4n) is 4.45. The molecule has 2 unspecified atom stereocenters. The predicted octanol–water partition coefficient (Wildman–Crippen LogP) is 0.293. The second-order valence-corrected chi connectivity index (χ2v) is 8.83. The molecule has 3 fully saturated rings. The van der Waals surface area contributed by atoms with Crippen LogP contribution in [0.15, 0.2) is 18.2 Å². The maximum Gasteiger partial charge on any atom is 0.327 e. The summed E-state index contributed by atoms with van der Waals surface area (Å²) in [5, 5.41) is 15.4. The summed E-state index contributed by atoms with van der Waals surface area (Å²) in [6.45, 7) is 1.42. The number of piperidine rings is 1. The Labute approximate surface area is 172 Å². The fourth-order valence-corrected chi connectivity index (χ4v) is 6.37. The van der Waals surface area contributed by atoms with E-state index >= 15 is 0 Å². The van der Waals surface area contributed by atoms with E-state index in [2.05, 4.69) is 10.6 Å². The number of carbonyl (C=O) groups is 3. The van der Waals surface area contributed by atoms with Crippen molar-refractivity contribution in [1.82, 2.24) is 15.5 Å². The summed E-state index contributed by atoms with van der Waals surface area (Å²) < 4.78 is 10.0. The zero-order valence-electron chi connectivity index (χ0n) is 16.1. The fraction of sp³-hybridized carbons (Fsp3) is 0.526. The summed E-state index contributed by atoms with van der Waals surface area (Å²) in [6.07, 6.45) is 1.33. The zero-order chi connectivity index (χ0) is 20.8. The number of methoxy groups -OCH3 is 2.